The van der Waals surface area contributed by atoms with Gasteiger partial charge in [0.25, 0.3) is 5.91 Å². The summed E-state index contributed by atoms with van der Waals surface area (Å²) in [5.41, 5.74) is -1.18. The molecule has 2 amide bonds. The summed E-state index contributed by atoms with van der Waals surface area (Å²) in [7, 11) is 1.28. The fraction of sp³-hybridized carbons (Fsp3) is 0.579. The number of benzene rings is 1. The number of carbonyl (C=O) groups excluding carboxylic acids is 1. The van der Waals surface area contributed by atoms with E-state index in [0.29, 0.717) is 6.07 Å². The number of likely N-dealkylation sites (N-methyl/N-ethyl adjacent to an activating group) is 1. The van der Waals surface area contributed by atoms with Crippen LogP contribution < -0.4 is 4.90 Å². The van der Waals surface area contributed by atoms with E-state index in [1.165, 1.54) is 7.05 Å². The Kier molecular flexibility index (Phi) is 4.56. The third-order valence-electron chi connectivity index (χ3n) is 5.82. The molecule has 3 fully saturated rings. The van der Waals surface area contributed by atoms with Crippen LogP contribution >= 0.6 is 11.6 Å². The van der Waals surface area contributed by atoms with E-state index >= 15 is 0 Å². The first kappa shape index (κ1) is 20.3. The van der Waals surface area contributed by atoms with Crippen molar-refractivity contribution in [1.82, 2.24) is 4.90 Å². The Morgan fingerprint density at radius 3 is 2.52 bits per heavy atom. The van der Waals surface area contributed by atoms with E-state index in [1.54, 1.807) is 13.8 Å². The highest BCUT2D eigenvalue weighted by Crippen LogP contribution is 2.56. The summed E-state index contributed by atoms with van der Waals surface area (Å²) in [5.74, 6) is -3.55. The Balaban J connectivity index is 1.72. The Bertz CT molecular complexity index is 894. The Morgan fingerprint density at radius 1 is 1.28 bits per heavy atom. The molecule has 0 bridgehead atoms. The number of hydrogen-bond acceptors (Lipinski definition) is 4. The van der Waals surface area contributed by atoms with Crippen molar-refractivity contribution in [2.75, 3.05) is 18.5 Å². The Hall–Kier alpha value is -1.97. The van der Waals surface area contributed by atoms with E-state index < -0.39 is 47.2 Å². The maximum atomic E-state index is 14.3. The van der Waals surface area contributed by atoms with Gasteiger partial charge in [0.1, 0.15) is 29.4 Å². The van der Waals surface area contributed by atoms with Crippen LogP contribution in [0, 0.1) is 17.6 Å². The van der Waals surface area contributed by atoms with E-state index in [1.807, 2.05) is 0 Å². The molecule has 0 aromatic heterocycles. The lowest BCUT2D eigenvalue weighted by Crippen LogP contribution is -2.52. The Labute approximate surface area is 171 Å². The van der Waals surface area contributed by atoms with Crippen LogP contribution in [0.2, 0.25) is 5.02 Å². The van der Waals surface area contributed by atoms with Gasteiger partial charge in [0.2, 0.25) is 0 Å². The van der Waals surface area contributed by atoms with Crippen molar-refractivity contribution in [1.29, 1.82) is 0 Å². The molecular weight excluding hydrogens is 410 g/mol. The fourth-order valence-electron chi connectivity index (χ4n) is 4.48. The molecule has 1 N–H and O–H groups in total. The summed E-state index contributed by atoms with van der Waals surface area (Å²) < 4.78 is 40.0. The molecular formula is C19H21ClF2N2O5. The normalized spacial score (nSPS) is 30.3. The first-order chi connectivity index (χ1) is 13.5. The van der Waals surface area contributed by atoms with Gasteiger partial charge in [-0.3, -0.25) is 9.69 Å². The number of halogens is 3. The number of carbonyl (C=O) groups is 2. The van der Waals surface area contributed by atoms with Crippen molar-refractivity contribution >= 4 is 29.3 Å². The van der Waals surface area contributed by atoms with Crippen molar-refractivity contribution in [3.63, 3.8) is 0 Å². The molecule has 2 aliphatic heterocycles. The smallest absolute Gasteiger partial charge is 0.408 e. The van der Waals surface area contributed by atoms with Crippen molar-refractivity contribution in [3.8, 4) is 0 Å². The van der Waals surface area contributed by atoms with Gasteiger partial charge in [-0.25, -0.2) is 13.6 Å². The standard InChI is InChI=1S/C19H21ClF2N2O5/c1-18(2)28-15-14(24(17(26)27)8-19(15,29-18)9-4-5-9)16(25)23(3)13-6-10(20)11(21)7-12(13)22/h6-7,9,14-15H,4-5,8H2,1-3H3,(H,26,27)/t14-,15-,19-/m0/s1. The summed E-state index contributed by atoms with van der Waals surface area (Å²) in [4.78, 5) is 27.2. The first-order valence-corrected chi connectivity index (χ1v) is 9.64. The van der Waals surface area contributed by atoms with Crippen molar-refractivity contribution in [2.45, 2.75) is 50.2 Å². The number of nitrogens with zero attached hydrogens (tertiary/aromatic N) is 2. The highest BCUT2D eigenvalue weighted by Gasteiger charge is 2.70. The van der Waals surface area contributed by atoms with Gasteiger partial charge in [-0.2, -0.15) is 0 Å². The molecule has 1 aromatic carbocycles. The highest BCUT2D eigenvalue weighted by atomic mass is 35.5. The predicted molar refractivity (Wildman–Crippen MR) is 98.8 cm³/mol. The van der Waals surface area contributed by atoms with Crippen LogP contribution in [0.1, 0.15) is 26.7 Å². The van der Waals surface area contributed by atoms with Gasteiger partial charge in [-0.1, -0.05) is 11.6 Å². The van der Waals surface area contributed by atoms with Gasteiger partial charge in [0, 0.05) is 13.1 Å². The molecule has 0 radical (unpaired) electrons. The molecule has 0 unspecified atom stereocenters. The predicted octanol–water partition coefficient (Wildman–Crippen LogP) is 3.24. The van der Waals surface area contributed by atoms with Gasteiger partial charge >= 0.3 is 6.09 Å². The zero-order valence-corrected chi connectivity index (χ0v) is 16.9. The minimum atomic E-state index is -1.30. The molecule has 7 nitrogen and oxygen atoms in total. The first-order valence-electron chi connectivity index (χ1n) is 9.26. The van der Waals surface area contributed by atoms with E-state index in [4.69, 9.17) is 21.1 Å². The molecule has 1 aromatic rings. The minimum absolute atomic E-state index is 0.0159. The topological polar surface area (TPSA) is 79.3 Å². The summed E-state index contributed by atoms with van der Waals surface area (Å²) in [5, 5.41) is 9.37. The number of rotatable bonds is 3. The van der Waals surface area contributed by atoms with E-state index in [2.05, 4.69) is 0 Å². The van der Waals surface area contributed by atoms with Crippen LogP contribution in [0.15, 0.2) is 12.1 Å². The SMILES string of the molecule is CN(C(=O)[C@@H]1[C@@H]2OC(C)(C)O[C@]2(C2CC2)CN1C(=O)O)c1cc(Cl)c(F)cc1F. The van der Waals surface area contributed by atoms with Crippen molar-refractivity contribution < 1.29 is 33.0 Å². The van der Waals surface area contributed by atoms with Crippen LogP contribution in [0.25, 0.3) is 0 Å². The highest BCUT2D eigenvalue weighted by molar-refractivity contribution is 6.31. The molecule has 3 atom stereocenters. The molecule has 4 rings (SSSR count). The second kappa shape index (κ2) is 6.52. The molecule has 3 aliphatic rings. The molecule has 2 saturated heterocycles. The molecule has 1 saturated carbocycles. The van der Waals surface area contributed by atoms with Crippen LogP contribution in [0.4, 0.5) is 19.3 Å². The van der Waals surface area contributed by atoms with E-state index in [9.17, 15) is 23.5 Å². The molecule has 1 aliphatic carbocycles. The molecule has 158 valence electrons. The van der Waals surface area contributed by atoms with Gasteiger partial charge in [0.15, 0.2) is 5.79 Å². The largest absolute Gasteiger partial charge is 0.465 e. The van der Waals surface area contributed by atoms with Gasteiger partial charge in [-0.15, -0.1) is 0 Å². The quantitative estimate of drug-likeness (QED) is 0.745. The summed E-state index contributed by atoms with van der Waals surface area (Å²) in [6, 6.07) is 0.342. The van der Waals surface area contributed by atoms with Crippen LogP contribution in [-0.4, -0.2) is 59.1 Å². The minimum Gasteiger partial charge on any atom is -0.465 e. The van der Waals surface area contributed by atoms with Crippen molar-refractivity contribution in [3.05, 3.63) is 28.8 Å². The van der Waals surface area contributed by atoms with Crippen LogP contribution in [0.5, 0.6) is 0 Å². The maximum Gasteiger partial charge on any atom is 0.408 e. The number of amides is 2. The fourth-order valence-corrected chi connectivity index (χ4v) is 4.64. The lowest BCUT2D eigenvalue weighted by atomic mass is 9.91. The lowest BCUT2D eigenvalue weighted by molar-refractivity contribution is -0.178. The molecule has 10 heteroatoms. The number of likely N-dealkylation sites (tertiary alicyclic amines) is 1. The van der Waals surface area contributed by atoms with Crippen LogP contribution in [0.3, 0.4) is 0 Å². The number of carboxylic acid groups (broad SMARTS) is 1. The van der Waals surface area contributed by atoms with Gasteiger partial charge in [-0.05, 0) is 38.7 Å². The number of hydrogen-bond donors (Lipinski definition) is 1. The summed E-state index contributed by atoms with van der Waals surface area (Å²) in [6.07, 6.45) is -0.436. The second-order valence-corrected chi connectivity index (χ2v) is 8.65. The van der Waals surface area contributed by atoms with Gasteiger partial charge in [0.05, 0.1) is 17.3 Å². The molecule has 2 heterocycles. The van der Waals surface area contributed by atoms with E-state index in [-0.39, 0.29) is 23.2 Å². The third kappa shape index (κ3) is 3.15. The third-order valence-corrected chi connectivity index (χ3v) is 6.11. The Morgan fingerprint density at radius 2 is 1.93 bits per heavy atom. The number of anilines is 1. The average molecular weight is 431 g/mol. The zero-order chi connectivity index (χ0) is 21.3. The zero-order valence-electron chi connectivity index (χ0n) is 16.1. The monoisotopic (exact) mass is 430 g/mol. The second-order valence-electron chi connectivity index (χ2n) is 8.24. The van der Waals surface area contributed by atoms with Crippen LogP contribution in [-0.2, 0) is 14.3 Å². The average Bonchev–Trinajstić information content (AvgIpc) is 3.37. The summed E-state index contributed by atoms with van der Waals surface area (Å²) >= 11 is 5.74. The summed E-state index contributed by atoms with van der Waals surface area (Å²) in [6.45, 7) is 3.41. The molecule has 0 spiro atoms. The van der Waals surface area contributed by atoms with Gasteiger partial charge < -0.3 is 19.5 Å². The van der Waals surface area contributed by atoms with E-state index in [0.717, 1.165) is 28.7 Å². The number of ether oxygens (including phenoxy) is 2. The lowest BCUT2D eigenvalue weighted by Gasteiger charge is -2.30. The number of fused-ring (bicyclic) bond motifs is 1. The maximum absolute atomic E-state index is 14.3. The molecule has 29 heavy (non-hydrogen) atoms. The van der Waals surface area contributed by atoms with Crippen molar-refractivity contribution in [2.24, 2.45) is 5.92 Å².